The summed E-state index contributed by atoms with van der Waals surface area (Å²) in [6.45, 7) is 4.91. The van der Waals surface area contributed by atoms with E-state index < -0.39 is 11.7 Å². The van der Waals surface area contributed by atoms with Crippen molar-refractivity contribution in [2.75, 3.05) is 43.9 Å². The quantitative estimate of drug-likeness (QED) is 0.797. The van der Waals surface area contributed by atoms with Crippen LogP contribution in [-0.4, -0.2) is 50.3 Å². The van der Waals surface area contributed by atoms with Crippen LogP contribution in [-0.2, 0) is 4.79 Å². The Balaban J connectivity index is 2.21. The first kappa shape index (κ1) is 16.0. The zero-order valence-corrected chi connectivity index (χ0v) is 14.2. The number of nitrogens with zero attached hydrogens (tertiary/aromatic N) is 2. The molecule has 1 aliphatic heterocycles. The molecule has 1 aliphatic rings. The van der Waals surface area contributed by atoms with E-state index >= 15 is 0 Å². The molecule has 0 aromatic heterocycles. The molecule has 1 N–H and O–H groups in total. The van der Waals surface area contributed by atoms with E-state index in [0.717, 1.165) is 36.2 Å². The molecular formula is C15H20BrN3O2. The van der Waals surface area contributed by atoms with Gasteiger partial charge in [-0.05, 0) is 62.0 Å². The molecule has 114 valence electrons. The van der Waals surface area contributed by atoms with Crippen LogP contribution in [0.2, 0.25) is 0 Å². The molecule has 1 aromatic rings. The molecular weight excluding hydrogens is 334 g/mol. The highest BCUT2D eigenvalue weighted by Crippen LogP contribution is 2.35. The lowest BCUT2D eigenvalue weighted by atomic mass is 10.1. The number of Topliss-reactive ketones (excluding diaryl/α,β-unsaturated/α-hetero) is 1. The first-order valence-corrected chi connectivity index (χ1v) is 7.82. The molecule has 0 saturated carbocycles. The third-order valence-corrected chi connectivity index (χ3v) is 4.18. The van der Waals surface area contributed by atoms with Gasteiger partial charge in [0.05, 0.1) is 16.9 Å². The van der Waals surface area contributed by atoms with Gasteiger partial charge in [0.25, 0.3) is 11.7 Å². The van der Waals surface area contributed by atoms with Crippen molar-refractivity contribution in [2.24, 2.45) is 0 Å². The highest BCUT2D eigenvalue weighted by molar-refractivity contribution is 9.10. The number of hydrogen-bond donors (Lipinski definition) is 1. The van der Waals surface area contributed by atoms with Gasteiger partial charge in [-0.15, -0.1) is 0 Å². The summed E-state index contributed by atoms with van der Waals surface area (Å²) in [5.41, 5.74) is 2.05. The van der Waals surface area contributed by atoms with Gasteiger partial charge in [0.15, 0.2) is 0 Å². The Labute approximate surface area is 133 Å². The minimum atomic E-state index is -0.551. The number of ketones is 1. The second-order valence-electron chi connectivity index (χ2n) is 5.37. The SMILES string of the molecule is CCN(CCCN(C)C)c1cc2c(cc1Br)C(=O)C(=O)N2. The van der Waals surface area contributed by atoms with Gasteiger partial charge < -0.3 is 15.1 Å². The number of carbonyl (C=O) groups is 2. The summed E-state index contributed by atoms with van der Waals surface area (Å²) < 4.78 is 0.845. The molecule has 0 unspecified atom stereocenters. The predicted molar refractivity (Wildman–Crippen MR) is 88.2 cm³/mol. The Morgan fingerprint density at radius 2 is 1.90 bits per heavy atom. The smallest absolute Gasteiger partial charge is 0.296 e. The minimum Gasteiger partial charge on any atom is -0.371 e. The van der Waals surface area contributed by atoms with E-state index in [2.05, 4.69) is 52.1 Å². The van der Waals surface area contributed by atoms with Crippen molar-refractivity contribution in [2.45, 2.75) is 13.3 Å². The average Bonchev–Trinajstić information content (AvgIpc) is 2.70. The lowest BCUT2D eigenvalue weighted by molar-refractivity contribution is -0.112. The van der Waals surface area contributed by atoms with Crippen molar-refractivity contribution in [3.63, 3.8) is 0 Å². The largest absolute Gasteiger partial charge is 0.371 e. The summed E-state index contributed by atoms with van der Waals surface area (Å²) in [6.07, 6.45) is 1.05. The molecule has 0 spiro atoms. The molecule has 0 bridgehead atoms. The highest BCUT2D eigenvalue weighted by Gasteiger charge is 2.29. The first-order chi connectivity index (χ1) is 9.93. The van der Waals surface area contributed by atoms with Gasteiger partial charge in [0, 0.05) is 17.6 Å². The van der Waals surface area contributed by atoms with Crippen LogP contribution in [0.4, 0.5) is 11.4 Å². The molecule has 1 heterocycles. The number of amides is 1. The van der Waals surface area contributed by atoms with Gasteiger partial charge in [-0.25, -0.2) is 0 Å². The molecule has 21 heavy (non-hydrogen) atoms. The monoisotopic (exact) mass is 353 g/mol. The van der Waals surface area contributed by atoms with E-state index in [-0.39, 0.29) is 0 Å². The number of fused-ring (bicyclic) bond motifs is 1. The molecule has 0 atom stereocenters. The van der Waals surface area contributed by atoms with E-state index in [4.69, 9.17) is 0 Å². The predicted octanol–water partition coefficient (Wildman–Crippen LogP) is 2.36. The molecule has 0 radical (unpaired) electrons. The van der Waals surface area contributed by atoms with E-state index in [1.54, 1.807) is 6.07 Å². The van der Waals surface area contributed by atoms with Crippen LogP contribution in [0.25, 0.3) is 0 Å². The lowest BCUT2D eigenvalue weighted by Gasteiger charge is -2.25. The topological polar surface area (TPSA) is 52.7 Å². The maximum atomic E-state index is 11.7. The first-order valence-electron chi connectivity index (χ1n) is 7.03. The second kappa shape index (κ2) is 6.58. The molecule has 2 rings (SSSR count). The average molecular weight is 354 g/mol. The fourth-order valence-electron chi connectivity index (χ4n) is 2.42. The number of nitrogens with one attached hydrogen (secondary N) is 1. The number of hydrogen-bond acceptors (Lipinski definition) is 4. The lowest BCUT2D eigenvalue weighted by Crippen LogP contribution is -2.27. The van der Waals surface area contributed by atoms with Gasteiger partial charge >= 0.3 is 0 Å². The van der Waals surface area contributed by atoms with Crippen molar-refractivity contribution in [1.29, 1.82) is 0 Å². The third-order valence-electron chi connectivity index (χ3n) is 3.54. The number of halogens is 1. The van der Waals surface area contributed by atoms with Gasteiger partial charge in [-0.2, -0.15) is 0 Å². The maximum absolute atomic E-state index is 11.7. The Kier molecular flexibility index (Phi) is 5.00. The summed E-state index contributed by atoms with van der Waals surface area (Å²) in [5, 5.41) is 2.62. The van der Waals surface area contributed by atoms with E-state index in [9.17, 15) is 9.59 Å². The molecule has 1 amide bonds. The van der Waals surface area contributed by atoms with Gasteiger partial charge in [-0.1, -0.05) is 0 Å². The van der Waals surface area contributed by atoms with Crippen LogP contribution < -0.4 is 10.2 Å². The van der Waals surface area contributed by atoms with E-state index in [1.165, 1.54) is 0 Å². The van der Waals surface area contributed by atoms with Gasteiger partial charge in [0.2, 0.25) is 0 Å². The van der Waals surface area contributed by atoms with Crippen LogP contribution in [0.1, 0.15) is 23.7 Å². The number of anilines is 2. The Bertz CT molecular complexity index is 572. The standard InChI is InChI=1S/C15H20BrN3O2/c1-4-19(7-5-6-18(2)3)13-9-12-10(8-11(13)16)14(20)15(21)17-12/h8-9H,4-7H2,1-3H3,(H,17,20,21). The van der Waals surface area contributed by atoms with Crippen molar-refractivity contribution in [1.82, 2.24) is 4.90 Å². The summed E-state index contributed by atoms with van der Waals surface area (Å²) in [4.78, 5) is 27.5. The van der Waals surface area contributed by atoms with Gasteiger partial charge in [0.1, 0.15) is 0 Å². The molecule has 1 aromatic carbocycles. The summed E-state index contributed by atoms with van der Waals surface area (Å²) in [6, 6.07) is 3.61. The third kappa shape index (κ3) is 3.44. The fraction of sp³-hybridized carbons (Fsp3) is 0.467. The second-order valence-corrected chi connectivity index (χ2v) is 6.22. The number of benzene rings is 1. The van der Waals surface area contributed by atoms with Crippen molar-refractivity contribution >= 4 is 39.0 Å². The Morgan fingerprint density at radius 3 is 2.52 bits per heavy atom. The van der Waals surface area contributed by atoms with Crippen LogP contribution in [0.15, 0.2) is 16.6 Å². The van der Waals surface area contributed by atoms with Crippen LogP contribution in [0, 0.1) is 0 Å². The summed E-state index contributed by atoms with van der Waals surface area (Å²) in [7, 11) is 4.12. The molecule has 6 heteroatoms. The summed E-state index contributed by atoms with van der Waals surface area (Å²) in [5.74, 6) is -1.02. The van der Waals surface area contributed by atoms with E-state index in [0.29, 0.717) is 11.3 Å². The zero-order chi connectivity index (χ0) is 15.6. The zero-order valence-electron chi connectivity index (χ0n) is 12.6. The molecule has 0 aliphatic carbocycles. The van der Waals surface area contributed by atoms with Crippen molar-refractivity contribution in [3.05, 3.63) is 22.2 Å². The summed E-state index contributed by atoms with van der Waals surface area (Å²) >= 11 is 3.52. The van der Waals surface area contributed by atoms with Crippen LogP contribution >= 0.6 is 15.9 Å². The van der Waals surface area contributed by atoms with Crippen molar-refractivity contribution < 1.29 is 9.59 Å². The normalized spacial score (nSPS) is 13.6. The molecule has 5 nitrogen and oxygen atoms in total. The van der Waals surface area contributed by atoms with E-state index in [1.807, 2.05) is 6.07 Å². The van der Waals surface area contributed by atoms with Crippen LogP contribution in [0.3, 0.4) is 0 Å². The highest BCUT2D eigenvalue weighted by atomic mass is 79.9. The molecule has 0 fully saturated rings. The van der Waals surface area contributed by atoms with Crippen LogP contribution in [0.5, 0.6) is 0 Å². The minimum absolute atomic E-state index is 0.444. The van der Waals surface area contributed by atoms with Crippen molar-refractivity contribution in [3.8, 4) is 0 Å². The Morgan fingerprint density at radius 1 is 1.19 bits per heavy atom. The number of rotatable bonds is 6. The Hall–Kier alpha value is -1.40. The van der Waals surface area contributed by atoms with Gasteiger partial charge in [-0.3, -0.25) is 9.59 Å². The maximum Gasteiger partial charge on any atom is 0.296 e. The fourth-order valence-corrected chi connectivity index (χ4v) is 3.02. The number of carbonyl (C=O) groups excluding carboxylic acids is 2. The molecule has 0 saturated heterocycles.